The zero-order valence-corrected chi connectivity index (χ0v) is 15.7. The number of rotatable bonds is 7. The van der Waals surface area contributed by atoms with Gasteiger partial charge in [0.05, 0.1) is 31.2 Å². The van der Waals surface area contributed by atoms with Gasteiger partial charge in [-0.2, -0.15) is 13.2 Å². The summed E-state index contributed by atoms with van der Waals surface area (Å²) < 4.78 is 60.0. The lowest BCUT2D eigenvalue weighted by molar-refractivity contribution is -0.154. The molecule has 1 aliphatic rings. The molecule has 1 heterocycles. The molecule has 3 atom stereocenters. The summed E-state index contributed by atoms with van der Waals surface area (Å²) in [4.78, 5) is 20.2. The summed E-state index contributed by atoms with van der Waals surface area (Å²) >= 11 is 0. The highest BCUT2D eigenvalue weighted by Crippen LogP contribution is 2.49. The maximum absolute atomic E-state index is 14.2. The molecule has 1 fully saturated rings. The molecule has 1 N–H and O–H groups in total. The third-order valence-electron chi connectivity index (χ3n) is 4.57. The van der Waals surface area contributed by atoms with Gasteiger partial charge in [0, 0.05) is 12.0 Å². The zero-order chi connectivity index (χ0) is 21.2. The molecule has 0 radical (unpaired) electrons. The van der Waals surface area contributed by atoms with Crippen molar-refractivity contribution < 1.29 is 31.8 Å². The van der Waals surface area contributed by atoms with E-state index in [1.165, 1.54) is 19.4 Å². The number of carbonyl (C=O) groups excluding carboxylic acids is 1. The summed E-state index contributed by atoms with van der Waals surface area (Å²) in [5.74, 6) is -1.10. The van der Waals surface area contributed by atoms with Gasteiger partial charge in [-0.05, 0) is 30.9 Å². The highest BCUT2D eigenvalue weighted by molar-refractivity contribution is 5.83. The lowest BCUT2D eigenvalue weighted by atomic mass is 10.1. The Morgan fingerprint density at radius 3 is 2.66 bits per heavy atom. The van der Waals surface area contributed by atoms with Crippen LogP contribution in [0.3, 0.4) is 0 Å². The van der Waals surface area contributed by atoms with Gasteiger partial charge in [0.1, 0.15) is 11.6 Å². The Morgan fingerprint density at radius 2 is 2.07 bits per heavy atom. The van der Waals surface area contributed by atoms with Gasteiger partial charge in [0.25, 0.3) is 0 Å². The van der Waals surface area contributed by atoms with Crippen LogP contribution in [0.15, 0.2) is 30.6 Å². The molecule has 10 heteroatoms. The van der Waals surface area contributed by atoms with Gasteiger partial charge in [0.2, 0.25) is 11.8 Å². The fourth-order valence-corrected chi connectivity index (χ4v) is 2.94. The predicted octanol–water partition coefficient (Wildman–Crippen LogP) is 3.55. The first-order chi connectivity index (χ1) is 13.7. The van der Waals surface area contributed by atoms with Gasteiger partial charge in [-0.15, -0.1) is 0 Å². The van der Waals surface area contributed by atoms with Crippen molar-refractivity contribution in [3.05, 3.63) is 47.7 Å². The van der Waals surface area contributed by atoms with Gasteiger partial charge < -0.3 is 14.8 Å². The average Bonchev–Trinajstić information content (AvgIpc) is 3.46. The smallest absolute Gasteiger partial charge is 0.422 e. The molecule has 2 aromatic rings. The van der Waals surface area contributed by atoms with Crippen LogP contribution < -0.4 is 14.8 Å². The maximum atomic E-state index is 14.2. The minimum atomic E-state index is -4.47. The Morgan fingerprint density at radius 1 is 1.31 bits per heavy atom. The van der Waals surface area contributed by atoms with Crippen molar-refractivity contribution in [3.8, 4) is 11.6 Å². The third kappa shape index (κ3) is 5.33. The molecule has 6 nitrogen and oxygen atoms in total. The van der Waals surface area contributed by atoms with Crippen molar-refractivity contribution >= 4 is 5.91 Å². The van der Waals surface area contributed by atoms with Crippen LogP contribution in [0.2, 0.25) is 0 Å². The SMILES string of the molecule is COc1ccc([C@H]2C[C@@H]2C(=O)N[C@H](C)c2cnc(OCC(F)(F)F)cn2)c(F)c1. The molecule has 29 heavy (non-hydrogen) atoms. The second-order valence-corrected chi connectivity index (χ2v) is 6.75. The van der Waals surface area contributed by atoms with E-state index >= 15 is 0 Å². The second-order valence-electron chi connectivity index (χ2n) is 6.75. The first-order valence-corrected chi connectivity index (χ1v) is 8.83. The standard InChI is InChI=1S/C19H19F4N3O3/c1-10(16-7-25-17(8-24-16)29-9-19(21,22)23)26-18(27)14-6-13(14)12-4-3-11(28-2)5-15(12)20/h3-5,7-8,10,13-14H,6,9H2,1-2H3,(H,26,27)/t10-,13-,14+/m1/s1. The first kappa shape index (κ1) is 20.8. The minimum Gasteiger partial charge on any atom is -0.497 e. The lowest BCUT2D eigenvalue weighted by Gasteiger charge is -2.14. The number of nitrogens with zero attached hydrogens (tertiary/aromatic N) is 2. The maximum Gasteiger partial charge on any atom is 0.422 e. The van der Waals surface area contributed by atoms with E-state index in [4.69, 9.17) is 4.74 Å². The van der Waals surface area contributed by atoms with E-state index in [0.29, 0.717) is 23.4 Å². The Kier molecular flexibility index (Phi) is 5.90. The van der Waals surface area contributed by atoms with Crippen molar-refractivity contribution in [3.63, 3.8) is 0 Å². The van der Waals surface area contributed by atoms with Gasteiger partial charge in [-0.25, -0.2) is 9.37 Å². The van der Waals surface area contributed by atoms with Gasteiger partial charge in [0.15, 0.2) is 6.61 Å². The quantitative estimate of drug-likeness (QED) is 0.703. The monoisotopic (exact) mass is 413 g/mol. The number of benzene rings is 1. The molecule has 0 spiro atoms. The first-order valence-electron chi connectivity index (χ1n) is 8.83. The molecular formula is C19H19F4N3O3. The highest BCUT2D eigenvalue weighted by Gasteiger charge is 2.45. The van der Waals surface area contributed by atoms with Crippen molar-refractivity contribution in [2.75, 3.05) is 13.7 Å². The summed E-state index contributed by atoms with van der Waals surface area (Å²) in [6, 6.07) is 4.02. The summed E-state index contributed by atoms with van der Waals surface area (Å²) in [5.41, 5.74) is 0.829. The number of methoxy groups -OCH3 is 1. The predicted molar refractivity (Wildman–Crippen MR) is 93.9 cm³/mol. The molecule has 1 aliphatic carbocycles. The number of carbonyl (C=O) groups is 1. The van der Waals surface area contributed by atoms with Gasteiger partial charge in [-0.3, -0.25) is 9.78 Å². The normalized spacial score (nSPS) is 19.4. The van der Waals surface area contributed by atoms with Crippen LogP contribution in [-0.4, -0.2) is 35.8 Å². The van der Waals surface area contributed by atoms with Crippen LogP contribution in [-0.2, 0) is 4.79 Å². The second kappa shape index (κ2) is 8.22. The molecule has 1 saturated carbocycles. The van der Waals surface area contributed by atoms with E-state index in [1.54, 1.807) is 19.1 Å². The van der Waals surface area contributed by atoms with Crippen LogP contribution in [0.5, 0.6) is 11.6 Å². The Hall–Kier alpha value is -2.91. The fourth-order valence-electron chi connectivity index (χ4n) is 2.94. The van der Waals surface area contributed by atoms with E-state index in [2.05, 4.69) is 20.0 Å². The van der Waals surface area contributed by atoms with Crippen molar-refractivity contribution in [1.29, 1.82) is 0 Å². The van der Waals surface area contributed by atoms with Crippen molar-refractivity contribution in [2.45, 2.75) is 31.5 Å². The van der Waals surface area contributed by atoms with Crippen LogP contribution in [0.25, 0.3) is 0 Å². The number of nitrogens with one attached hydrogen (secondary N) is 1. The van der Waals surface area contributed by atoms with Crippen LogP contribution >= 0.6 is 0 Å². The number of alkyl halides is 3. The zero-order valence-electron chi connectivity index (χ0n) is 15.7. The largest absolute Gasteiger partial charge is 0.497 e. The third-order valence-corrected chi connectivity index (χ3v) is 4.57. The number of amides is 1. The summed E-state index contributed by atoms with van der Waals surface area (Å²) in [5, 5.41) is 2.77. The molecule has 1 aromatic carbocycles. The van der Waals surface area contributed by atoms with Gasteiger partial charge >= 0.3 is 6.18 Å². The van der Waals surface area contributed by atoms with E-state index < -0.39 is 24.6 Å². The van der Waals surface area contributed by atoms with Crippen LogP contribution in [0.1, 0.15) is 36.6 Å². The molecular weight excluding hydrogens is 394 g/mol. The van der Waals surface area contributed by atoms with E-state index in [0.717, 1.165) is 6.20 Å². The number of hydrogen-bond acceptors (Lipinski definition) is 5. The topological polar surface area (TPSA) is 73.3 Å². The molecule has 0 bridgehead atoms. The van der Waals surface area contributed by atoms with Gasteiger partial charge in [-0.1, -0.05) is 6.07 Å². The Balaban J connectivity index is 1.55. The van der Waals surface area contributed by atoms with E-state index in [1.807, 2.05) is 0 Å². The molecule has 0 saturated heterocycles. The molecule has 156 valence electrons. The number of aromatic nitrogens is 2. The molecule has 3 rings (SSSR count). The number of halogens is 4. The minimum absolute atomic E-state index is 0.211. The van der Waals surface area contributed by atoms with Crippen LogP contribution in [0, 0.1) is 11.7 Å². The van der Waals surface area contributed by atoms with Crippen molar-refractivity contribution in [1.82, 2.24) is 15.3 Å². The molecule has 0 aliphatic heterocycles. The highest BCUT2D eigenvalue weighted by atomic mass is 19.4. The summed E-state index contributed by atoms with van der Waals surface area (Å²) in [6.07, 6.45) is -1.63. The lowest BCUT2D eigenvalue weighted by Crippen LogP contribution is -2.29. The molecule has 0 unspecified atom stereocenters. The molecule has 1 aromatic heterocycles. The van der Waals surface area contributed by atoms with Crippen LogP contribution in [0.4, 0.5) is 17.6 Å². The number of hydrogen-bond donors (Lipinski definition) is 1. The Labute approximate surface area is 164 Å². The number of ether oxygens (including phenoxy) is 2. The fraction of sp³-hybridized carbons (Fsp3) is 0.421. The van der Waals surface area contributed by atoms with E-state index in [-0.39, 0.29) is 23.6 Å². The van der Waals surface area contributed by atoms with E-state index in [9.17, 15) is 22.4 Å². The average molecular weight is 413 g/mol. The Bertz CT molecular complexity index is 874. The summed E-state index contributed by atoms with van der Waals surface area (Å²) in [6.45, 7) is 0.210. The summed E-state index contributed by atoms with van der Waals surface area (Å²) in [7, 11) is 1.45. The van der Waals surface area contributed by atoms with Crippen molar-refractivity contribution in [2.24, 2.45) is 5.92 Å². The molecule has 1 amide bonds.